The van der Waals surface area contributed by atoms with Gasteiger partial charge in [-0.05, 0) is 6.07 Å². The van der Waals surface area contributed by atoms with Crippen LogP contribution in [0.4, 0.5) is 5.82 Å². The Bertz CT molecular complexity index is 562. The van der Waals surface area contributed by atoms with Crippen molar-refractivity contribution in [2.24, 2.45) is 0 Å². The summed E-state index contributed by atoms with van der Waals surface area (Å²) in [5, 5.41) is 0. The van der Waals surface area contributed by atoms with Gasteiger partial charge in [0.15, 0.2) is 5.69 Å². The summed E-state index contributed by atoms with van der Waals surface area (Å²) in [6.07, 6.45) is 3.00. The second-order valence-corrected chi connectivity index (χ2v) is 3.40. The number of ether oxygens (including phenoxy) is 2. The molecule has 7 nitrogen and oxygen atoms in total. The lowest BCUT2D eigenvalue weighted by molar-refractivity contribution is 0.0596. The van der Waals surface area contributed by atoms with E-state index in [2.05, 4.69) is 14.7 Å². The Morgan fingerprint density at radius 2 is 2.11 bits per heavy atom. The number of hydrogen-bond acceptors (Lipinski definition) is 6. The van der Waals surface area contributed by atoms with Gasteiger partial charge in [-0.3, -0.25) is 4.57 Å². The molecule has 2 aromatic heterocycles. The third-order valence-electron chi connectivity index (χ3n) is 2.39. The number of imidazole rings is 1. The lowest BCUT2D eigenvalue weighted by Crippen LogP contribution is -2.07. The summed E-state index contributed by atoms with van der Waals surface area (Å²) >= 11 is 0. The van der Waals surface area contributed by atoms with Gasteiger partial charge < -0.3 is 15.2 Å². The van der Waals surface area contributed by atoms with Crippen LogP contribution in [0.2, 0.25) is 0 Å². The lowest BCUT2D eigenvalue weighted by Gasteiger charge is -2.05. The molecule has 0 saturated heterocycles. The zero-order chi connectivity index (χ0) is 13.1. The van der Waals surface area contributed by atoms with E-state index in [1.54, 1.807) is 22.9 Å². The van der Waals surface area contributed by atoms with Crippen LogP contribution >= 0.6 is 0 Å². The number of anilines is 1. The van der Waals surface area contributed by atoms with Crippen LogP contribution in [0.3, 0.4) is 0 Å². The molecule has 0 spiro atoms. The summed E-state index contributed by atoms with van der Waals surface area (Å²) in [4.78, 5) is 19.3. The van der Waals surface area contributed by atoms with Crippen molar-refractivity contribution in [3.8, 4) is 11.6 Å². The van der Waals surface area contributed by atoms with E-state index in [1.807, 2.05) is 0 Å². The predicted molar refractivity (Wildman–Crippen MR) is 63.7 cm³/mol. The highest BCUT2D eigenvalue weighted by atomic mass is 16.5. The summed E-state index contributed by atoms with van der Waals surface area (Å²) in [7, 11) is 2.80. The highest BCUT2D eigenvalue weighted by Gasteiger charge is 2.16. The average molecular weight is 248 g/mol. The molecular formula is C11H12N4O3. The minimum atomic E-state index is -0.576. The summed E-state index contributed by atoms with van der Waals surface area (Å²) < 4.78 is 11.1. The summed E-state index contributed by atoms with van der Waals surface area (Å²) in [5.41, 5.74) is 6.58. The topological polar surface area (TPSA) is 92.3 Å². The average Bonchev–Trinajstić information content (AvgIpc) is 2.80. The van der Waals surface area contributed by atoms with Crippen LogP contribution in [-0.4, -0.2) is 34.7 Å². The van der Waals surface area contributed by atoms with Gasteiger partial charge in [0.1, 0.15) is 12.1 Å². The van der Waals surface area contributed by atoms with Crippen molar-refractivity contribution >= 4 is 11.8 Å². The van der Waals surface area contributed by atoms with Gasteiger partial charge in [0.25, 0.3) is 0 Å². The molecule has 0 atom stereocenters. The molecule has 7 heteroatoms. The van der Waals surface area contributed by atoms with Gasteiger partial charge in [-0.2, -0.15) is 0 Å². The number of methoxy groups -OCH3 is 2. The second-order valence-electron chi connectivity index (χ2n) is 3.40. The highest BCUT2D eigenvalue weighted by molar-refractivity contribution is 5.92. The van der Waals surface area contributed by atoms with E-state index in [0.29, 0.717) is 11.6 Å². The van der Waals surface area contributed by atoms with Crippen LogP contribution in [0.15, 0.2) is 24.7 Å². The standard InChI is InChI=1S/C11H12N4O3/c1-17-8-4-3-7(5-13-8)15-6-14-9(10(15)12)11(16)18-2/h3-6H,12H2,1-2H3. The first-order valence-electron chi connectivity index (χ1n) is 5.09. The predicted octanol–water partition coefficient (Wildman–Crippen LogP) is 0.645. The molecule has 0 amide bonds. The number of nitrogen functional groups attached to an aromatic ring is 1. The van der Waals surface area contributed by atoms with Crippen LogP contribution < -0.4 is 10.5 Å². The van der Waals surface area contributed by atoms with E-state index in [4.69, 9.17) is 10.5 Å². The Morgan fingerprint density at radius 1 is 1.33 bits per heavy atom. The van der Waals surface area contributed by atoms with Gasteiger partial charge in [0.2, 0.25) is 5.88 Å². The number of carbonyl (C=O) groups is 1. The van der Waals surface area contributed by atoms with Gasteiger partial charge in [0.05, 0.1) is 26.1 Å². The van der Waals surface area contributed by atoms with Crippen molar-refractivity contribution in [1.29, 1.82) is 0 Å². The fraction of sp³-hybridized carbons (Fsp3) is 0.182. The van der Waals surface area contributed by atoms with Crippen molar-refractivity contribution in [1.82, 2.24) is 14.5 Å². The third kappa shape index (κ3) is 1.97. The number of nitrogens with zero attached hydrogens (tertiary/aromatic N) is 3. The van der Waals surface area contributed by atoms with E-state index in [0.717, 1.165) is 0 Å². The zero-order valence-electron chi connectivity index (χ0n) is 9.95. The lowest BCUT2D eigenvalue weighted by atomic mass is 10.4. The fourth-order valence-electron chi connectivity index (χ4n) is 1.45. The number of nitrogens with two attached hydrogens (primary N) is 1. The van der Waals surface area contributed by atoms with E-state index < -0.39 is 5.97 Å². The molecule has 0 bridgehead atoms. The van der Waals surface area contributed by atoms with Gasteiger partial charge in [-0.1, -0.05) is 0 Å². The molecule has 0 aromatic carbocycles. The van der Waals surface area contributed by atoms with Crippen molar-refractivity contribution in [3.05, 3.63) is 30.4 Å². The SMILES string of the molecule is COC(=O)c1ncn(-c2ccc(OC)nc2)c1N. The van der Waals surface area contributed by atoms with Crippen LogP contribution in [0, 0.1) is 0 Å². The molecule has 0 aliphatic heterocycles. The van der Waals surface area contributed by atoms with Gasteiger partial charge >= 0.3 is 5.97 Å². The number of carbonyl (C=O) groups excluding carboxylic acids is 1. The molecule has 2 N–H and O–H groups in total. The molecule has 18 heavy (non-hydrogen) atoms. The van der Waals surface area contributed by atoms with Gasteiger partial charge in [-0.25, -0.2) is 14.8 Å². The second kappa shape index (κ2) is 4.74. The summed E-state index contributed by atoms with van der Waals surface area (Å²) in [6.45, 7) is 0. The Hall–Kier alpha value is -2.57. The molecular weight excluding hydrogens is 236 g/mol. The molecule has 0 fully saturated rings. The van der Waals surface area contributed by atoms with Gasteiger partial charge in [0, 0.05) is 6.07 Å². The molecule has 2 aromatic rings. The quantitative estimate of drug-likeness (QED) is 0.801. The first-order valence-corrected chi connectivity index (χ1v) is 5.09. The van der Waals surface area contributed by atoms with Crippen molar-refractivity contribution in [2.75, 3.05) is 20.0 Å². The van der Waals surface area contributed by atoms with E-state index >= 15 is 0 Å². The molecule has 2 rings (SSSR count). The maximum atomic E-state index is 11.4. The molecule has 0 unspecified atom stereocenters. The Morgan fingerprint density at radius 3 is 2.67 bits per heavy atom. The number of rotatable bonds is 3. The highest BCUT2D eigenvalue weighted by Crippen LogP contribution is 2.18. The number of aromatic nitrogens is 3. The van der Waals surface area contributed by atoms with Crippen LogP contribution in [0.1, 0.15) is 10.5 Å². The van der Waals surface area contributed by atoms with E-state index in [-0.39, 0.29) is 11.5 Å². The van der Waals surface area contributed by atoms with Crippen LogP contribution in [-0.2, 0) is 4.74 Å². The Kier molecular flexibility index (Phi) is 3.13. The zero-order valence-corrected chi connectivity index (χ0v) is 9.95. The number of pyridine rings is 1. The van der Waals surface area contributed by atoms with E-state index in [9.17, 15) is 4.79 Å². The molecule has 0 aliphatic carbocycles. The number of esters is 1. The Labute approximate surface area is 103 Å². The fourth-order valence-corrected chi connectivity index (χ4v) is 1.45. The number of hydrogen-bond donors (Lipinski definition) is 1. The molecule has 0 aliphatic rings. The van der Waals surface area contributed by atoms with E-state index in [1.165, 1.54) is 20.5 Å². The third-order valence-corrected chi connectivity index (χ3v) is 2.39. The van der Waals surface area contributed by atoms with Crippen molar-refractivity contribution in [3.63, 3.8) is 0 Å². The molecule has 2 heterocycles. The minimum absolute atomic E-state index is 0.0771. The first kappa shape index (κ1) is 11.9. The largest absolute Gasteiger partial charge is 0.481 e. The molecule has 94 valence electrons. The van der Waals surface area contributed by atoms with Crippen molar-refractivity contribution in [2.45, 2.75) is 0 Å². The van der Waals surface area contributed by atoms with Gasteiger partial charge in [-0.15, -0.1) is 0 Å². The molecule has 0 radical (unpaired) electrons. The maximum absolute atomic E-state index is 11.4. The van der Waals surface area contributed by atoms with Crippen LogP contribution in [0.25, 0.3) is 5.69 Å². The Balaban J connectivity index is 2.39. The van der Waals surface area contributed by atoms with Crippen molar-refractivity contribution < 1.29 is 14.3 Å². The van der Waals surface area contributed by atoms with Crippen LogP contribution in [0.5, 0.6) is 5.88 Å². The molecule has 0 saturated carbocycles. The summed E-state index contributed by atoms with van der Waals surface area (Å²) in [6, 6.07) is 3.44. The maximum Gasteiger partial charge on any atom is 0.360 e. The monoisotopic (exact) mass is 248 g/mol. The summed E-state index contributed by atoms with van der Waals surface area (Å²) in [5.74, 6) is 0.118. The normalized spacial score (nSPS) is 10.1. The smallest absolute Gasteiger partial charge is 0.360 e. The minimum Gasteiger partial charge on any atom is -0.481 e. The first-order chi connectivity index (χ1) is 8.67.